The molecule has 4 N–H and O–H groups in total. The summed E-state index contributed by atoms with van der Waals surface area (Å²) in [5, 5.41) is 4.01. The van der Waals surface area contributed by atoms with Gasteiger partial charge < -0.3 is 5.32 Å². The third-order valence-corrected chi connectivity index (χ3v) is 3.75. The van der Waals surface area contributed by atoms with Crippen molar-refractivity contribution in [2.45, 2.75) is 0 Å². The van der Waals surface area contributed by atoms with Gasteiger partial charge in [-0.25, -0.2) is 10.8 Å². The highest BCUT2D eigenvalue weighted by Crippen LogP contribution is 2.33. The highest BCUT2D eigenvalue weighted by atomic mass is 79.9. The molecule has 2 rings (SSSR count). The molecule has 0 saturated heterocycles. The molecular formula is C10H8BrCl2N5. The van der Waals surface area contributed by atoms with Gasteiger partial charge in [0.1, 0.15) is 5.02 Å². The monoisotopic (exact) mass is 347 g/mol. The molecule has 0 atom stereocenters. The quantitative estimate of drug-likeness (QED) is 0.584. The van der Waals surface area contributed by atoms with E-state index in [1.165, 1.54) is 6.20 Å². The summed E-state index contributed by atoms with van der Waals surface area (Å²) < 4.78 is 0.726. The Bertz CT molecular complexity index is 578. The first kappa shape index (κ1) is 13.4. The van der Waals surface area contributed by atoms with Crippen LogP contribution in [0.3, 0.4) is 0 Å². The molecule has 0 amide bonds. The van der Waals surface area contributed by atoms with Crippen molar-refractivity contribution in [2.24, 2.45) is 5.84 Å². The second-order valence-corrected chi connectivity index (χ2v) is 4.87. The lowest BCUT2D eigenvalue weighted by Gasteiger charge is -2.10. The van der Waals surface area contributed by atoms with Gasteiger partial charge >= 0.3 is 0 Å². The smallest absolute Gasteiger partial charge is 0.239 e. The largest absolute Gasteiger partial charge is 0.338 e. The second-order valence-electron chi connectivity index (χ2n) is 3.26. The maximum absolute atomic E-state index is 5.99. The third kappa shape index (κ3) is 2.84. The number of rotatable bonds is 3. The average Bonchev–Trinajstić information content (AvgIpc) is 2.37. The summed E-state index contributed by atoms with van der Waals surface area (Å²) in [4.78, 5) is 7.98. The standard InChI is InChI=1S/C10H8BrCl2N5/c11-8-5(12)2-1-3-7(8)16-9-6(13)4-15-10(17-9)18-14/h1-4H,14H2,(H2,15,16,17,18). The van der Waals surface area contributed by atoms with Crippen LogP contribution in [0.5, 0.6) is 0 Å². The van der Waals surface area contributed by atoms with E-state index in [2.05, 4.69) is 36.6 Å². The van der Waals surface area contributed by atoms with E-state index in [1.54, 1.807) is 6.07 Å². The Morgan fingerprint density at radius 1 is 1.22 bits per heavy atom. The molecule has 18 heavy (non-hydrogen) atoms. The van der Waals surface area contributed by atoms with Crippen LogP contribution in [0.15, 0.2) is 28.9 Å². The van der Waals surface area contributed by atoms with Crippen LogP contribution >= 0.6 is 39.1 Å². The molecule has 5 nitrogen and oxygen atoms in total. The molecule has 0 unspecified atom stereocenters. The van der Waals surface area contributed by atoms with Gasteiger partial charge in [-0.05, 0) is 28.1 Å². The Morgan fingerprint density at radius 3 is 2.72 bits per heavy atom. The minimum absolute atomic E-state index is 0.264. The molecule has 0 fully saturated rings. The van der Waals surface area contributed by atoms with Gasteiger partial charge in [-0.3, -0.25) is 5.43 Å². The number of benzene rings is 1. The second kappa shape index (κ2) is 5.71. The van der Waals surface area contributed by atoms with Crippen LogP contribution in [0.25, 0.3) is 0 Å². The summed E-state index contributed by atoms with van der Waals surface area (Å²) in [5.74, 6) is 5.94. The summed E-state index contributed by atoms with van der Waals surface area (Å²) in [7, 11) is 0. The van der Waals surface area contributed by atoms with Crippen molar-refractivity contribution >= 4 is 56.6 Å². The number of halogens is 3. The van der Waals surface area contributed by atoms with E-state index >= 15 is 0 Å². The van der Waals surface area contributed by atoms with Crippen molar-refractivity contribution < 1.29 is 0 Å². The first-order chi connectivity index (χ1) is 8.61. The molecule has 0 aliphatic heterocycles. The topological polar surface area (TPSA) is 75.9 Å². The van der Waals surface area contributed by atoms with E-state index in [-0.39, 0.29) is 5.95 Å². The molecule has 1 heterocycles. The van der Waals surface area contributed by atoms with Crippen LogP contribution in [0.1, 0.15) is 0 Å². The Labute approximate surface area is 122 Å². The van der Waals surface area contributed by atoms with Crippen molar-refractivity contribution in [1.29, 1.82) is 0 Å². The maximum Gasteiger partial charge on any atom is 0.239 e. The fourth-order valence-electron chi connectivity index (χ4n) is 1.25. The van der Waals surface area contributed by atoms with Crippen LogP contribution in [-0.4, -0.2) is 9.97 Å². The van der Waals surface area contributed by atoms with E-state index in [9.17, 15) is 0 Å². The molecular weight excluding hydrogens is 341 g/mol. The Morgan fingerprint density at radius 2 is 2.00 bits per heavy atom. The molecule has 0 saturated carbocycles. The number of hydrogen-bond acceptors (Lipinski definition) is 5. The fraction of sp³-hybridized carbons (Fsp3) is 0. The van der Waals surface area contributed by atoms with Crippen molar-refractivity contribution in [3.63, 3.8) is 0 Å². The number of nitrogens with two attached hydrogens (primary N) is 1. The number of aromatic nitrogens is 2. The first-order valence-corrected chi connectivity index (χ1v) is 6.37. The lowest BCUT2D eigenvalue weighted by Crippen LogP contribution is -2.11. The normalized spacial score (nSPS) is 10.2. The SMILES string of the molecule is NNc1ncc(Cl)c(Nc2cccc(Cl)c2Br)n1. The van der Waals surface area contributed by atoms with E-state index < -0.39 is 0 Å². The lowest BCUT2D eigenvalue weighted by molar-refractivity contribution is 1.12. The summed E-state index contributed by atoms with van der Waals surface area (Å²) in [6.45, 7) is 0. The highest BCUT2D eigenvalue weighted by Gasteiger charge is 2.08. The van der Waals surface area contributed by atoms with Crippen LogP contribution in [0.4, 0.5) is 17.5 Å². The molecule has 1 aromatic carbocycles. The van der Waals surface area contributed by atoms with Crippen molar-refractivity contribution in [2.75, 3.05) is 10.7 Å². The number of hydrogen-bond donors (Lipinski definition) is 3. The maximum atomic E-state index is 5.99. The van der Waals surface area contributed by atoms with Gasteiger partial charge in [-0.1, -0.05) is 29.3 Å². The van der Waals surface area contributed by atoms with Gasteiger partial charge in [-0.2, -0.15) is 4.98 Å². The minimum atomic E-state index is 0.264. The Kier molecular flexibility index (Phi) is 4.23. The van der Waals surface area contributed by atoms with Crippen molar-refractivity contribution in [3.05, 3.63) is 38.9 Å². The minimum Gasteiger partial charge on any atom is -0.338 e. The van der Waals surface area contributed by atoms with Gasteiger partial charge in [0, 0.05) is 0 Å². The molecule has 0 radical (unpaired) electrons. The van der Waals surface area contributed by atoms with Gasteiger partial charge in [0.2, 0.25) is 5.95 Å². The lowest BCUT2D eigenvalue weighted by atomic mass is 10.3. The van der Waals surface area contributed by atoms with Crippen molar-refractivity contribution in [1.82, 2.24) is 9.97 Å². The highest BCUT2D eigenvalue weighted by molar-refractivity contribution is 9.10. The average molecular weight is 349 g/mol. The van der Waals surface area contributed by atoms with Crippen LogP contribution < -0.4 is 16.6 Å². The Balaban J connectivity index is 2.36. The number of nitrogen functional groups attached to an aromatic ring is 1. The molecule has 2 aromatic rings. The van der Waals surface area contributed by atoms with Gasteiger partial charge in [0.15, 0.2) is 5.82 Å². The first-order valence-electron chi connectivity index (χ1n) is 4.82. The van der Waals surface area contributed by atoms with E-state index in [1.807, 2.05) is 12.1 Å². The molecule has 1 aromatic heterocycles. The molecule has 0 aliphatic carbocycles. The predicted octanol–water partition coefficient (Wildman–Crippen LogP) is 3.58. The number of nitrogens with one attached hydrogen (secondary N) is 2. The zero-order chi connectivity index (χ0) is 13.1. The summed E-state index contributed by atoms with van der Waals surface area (Å²) in [6, 6.07) is 5.42. The van der Waals surface area contributed by atoms with Crippen molar-refractivity contribution in [3.8, 4) is 0 Å². The summed E-state index contributed by atoms with van der Waals surface area (Å²) in [6.07, 6.45) is 1.45. The van der Waals surface area contributed by atoms with Crippen LogP contribution in [-0.2, 0) is 0 Å². The van der Waals surface area contributed by atoms with E-state index in [4.69, 9.17) is 29.0 Å². The van der Waals surface area contributed by atoms with E-state index in [0.29, 0.717) is 15.9 Å². The number of nitrogens with zero attached hydrogens (tertiary/aromatic N) is 2. The Hall–Kier alpha value is -1.08. The summed E-state index contributed by atoms with van der Waals surface area (Å²) >= 11 is 15.4. The van der Waals surface area contributed by atoms with Gasteiger partial charge in [0.05, 0.1) is 21.4 Å². The zero-order valence-electron chi connectivity index (χ0n) is 8.92. The summed E-state index contributed by atoms with van der Waals surface area (Å²) in [5.41, 5.74) is 3.09. The molecule has 0 spiro atoms. The predicted molar refractivity (Wildman–Crippen MR) is 77.3 cm³/mol. The molecule has 0 bridgehead atoms. The number of anilines is 3. The van der Waals surface area contributed by atoms with E-state index in [0.717, 1.165) is 10.2 Å². The molecule has 8 heteroatoms. The van der Waals surface area contributed by atoms with Gasteiger partial charge in [0.25, 0.3) is 0 Å². The third-order valence-electron chi connectivity index (χ3n) is 2.08. The fourth-order valence-corrected chi connectivity index (χ4v) is 1.93. The zero-order valence-corrected chi connectivity index (χ0v) is 12.0. The van der Waals surface area contributed by atoms with Gasteiger partial charge in [-0.15, -0.1) is 0 Å². The van der Waals surface area contributed by atoms with Crippen LogP contribution in [0.2, 0.25) is 10.0 Å². The van der Waals surface area contributed by atoms with Crippen LogP contribution in [0, 0.1) is 0 Å². The molecule has 94 valence electrons. The molecule has 0 aliphatic rings. The number of hydrazine groups is 1.